The highest BCUT2D eigenvalue weighted by Gasteiger charge is 2.33. The summed E-state index contributed by atoms with van der Waals surface area (Å²) in [5.41, 5.74) is 0.399. The molecule has 1 amide bonds. The molecule has 1 aromatic rings. The lowest BCUT2D eigenvalue weighted by molar-refractivity contribution is -0.127. The van der Waals surface area contributed by atoms with Gasteiger partial charge in [-0.3, -0.25) is 4.79 Å². The fraction of sp³-hybridized carbons (Fsp3) is 0.611. The molecule has 0 radical (unpaired) electrons. The summed E-state index contributed by atoms with van der Waals surface area (Å²) >= 11 is 12.2. The van der Waals surface area contributed by atoms with Crippen molar-refractivity contribution in [3.05, 3.63) is 33.8 Å². The van der Waals surface area contributed by atoms with Crippen LogP contribution in [0.4, 0.5) is 0 Å². The molecule has 8 heteroatoms. The molecule has 1 N–H and O–H groups in total. The van der Waals surface area contributed by atoms with Crippen molar-refractivity contribution in [3.63, 3.8) is 0 Å². The monoisotopic (exact) mass is 420 g/mol. The third-order valence-electron chi connectivity index (χ3n) is 4.91. The first-order valence-corrected chi connectivity index (χ1v) is 11.2. The average Bonchev–Trinajstić information content (AvgIpc) is 2.58. The molecule has 5 nitrogen and oxygen atoms in total. The Morgan fingerprint density at radius 1 is 1.27 bits per heavy atom. The topological polar surface area (TPSA) is 66.5 Å². The molecule has 1 saturated heterocycles. The van der Waals surface area contributed by atoms with Crippen LogP contribution in [0.25, 0.3) is 0 Å². The summed E-state index contributed by atoms with van der Waals surface area (Å²) in [6.07, 6.45) is 1.35. The van der Waals surface area contributed by atoms with Crippen LogP contribution in [-0.2, 0) is 20.6 Å². The molecular weight excluding hydrogens is 395 g/mol. The molecule has 0 spiro atoms. The maximum Gasteiger partial charge on any atom is 0.224 e. The number of hydrogen-bond donors (Lipinski definition) is 1. The number of piperidine rings is 1. The van der Waals surface area contributed by atoms with Gasteiger partial charge in [-0.2, -0.15) is 0 Å². The fourth-order valence-electron chi connectivity index (χ4n) is 2.86. The molecule has 0 aliphatic carbocycles. The number of hydrogen-bond acceptors (Lipinski definition) is 3. The lowest BCUT2D eigenvalue weighted by Crippen LogP contribution is -2.48. The van der Waals surface area contributed by atoms with Gasteiger partial charge in [0.05, 0.1) is 11.7 Å². The van der Waals surface area contributed by atoms with Crippen molar-refractivity contribution in [1.82, 2.24) is 9.62 Å². The van der Waals surface area contributed by atoms with Crippen molar-refractivity contribution in [2.75, 3.05) is 13.1 Å². The summed E-state index contributed by atoms with van der Waals surface area (Å²) in [4.78, 5) is 12.5. The van der Waals surface area contributed by atoms with Gasteiger partial charge in [0.1, 0.15) is 0 Å². The van der Waals surface area contributed by atoms with Crippen molar-refractivity contribution in [3.8, 4) is 0 Å². The van der Waals surface area contributed by atoms with E-state index in [2.05, 4.69) is 5.32 Å². The van der Waals surface area contributed by atoms with Gasteiger partial charge in [0.15, 0.2) is 0 Å². The highest BCUT2D eigenvalue weighted by Crippen LogP contribution is 2.29. The molecule has 1 heterocycles. The van der Waals surface area contributed by atoms with E-state index in [9.17, 15) is 13.2 Å². The Morgan fingerprint density at radius 2 is 1.88 bits per heavy atom. The molecule has 1 aliphatic heterocycles. The Balaban J connectivity index is 2.09. The summed E-state index contributed by atoms with van der Waals surface area (Å²) < 4.78 is 27.1. The van der Waals surface area contributed by atoms with Crippen molar-refractivity contribution in [2.45, 2.75) is 45.4 Å². The summed E-state index contributed by atoms with van der Waals surface area (Å²) in [5, 5.41) is 3.65. The van der Waals surface area contributed by atoms with Gasteiger partial charge in [0.25, 0.3) is 0 Å². The van der Waals surface area contributed by atoms with Crippen molar-refractivity contribution in [1.29, 1.82) is 0 Å². The van der Waals surface area contributed by atoms with E-state index >= 15 is 0 Å². The SMILES string of the molecule is CC(C)[C@H](C)NC(=O)[C@H]1CCCN(S(=O)(=O)Cc2c(Cl)cccc2Cl)C1. The van der Waals surface area contributed by atoms with Crippen molar-refractivity contribution < 1.29 is 13.2 Å². The number of halogens is 2. The van der Waals surface area contributed by atoms with Crippen LogP contribution in [0.15, 0.2) is 18.2 Å². The van der Waals surface area contributed by atoms with Crippen LogP contribution in [0.2, 0.25) is 10.0 Å². The van der Waals surface area contributed by atoms with Crippen LogP contribution in [0, 0.1) is 11.8 Å². The Bertz CT molecular complexity index is 733. The summed E-state index contributed by atoms with van der Waals surface area (Å²) in [5.74, 6) is -0.351. The van der Waals surface area contributed by atoms with E-state index in [0.717, 1.165) is 0 Å². The normalized spacial score (nSPS) is 20.2. The first kappa shape index (κ1) is 21.5. The molecule has 146 valence electrons. The van der Waals surface area contributed by atoms with Gasteiger partial charge in [-0.1, -0.05) is 43.1 Å². The van der Waals surface area contributed by atoms with Gasteiger partial charge in [-0.15, -0.1) is 0 Å². The Morgan fingerprint density at radius 3 is 2.46 bits per heavy atom. The second-order valence-electron chi connectivity index (χ2n) is 7.19. The molecule has 0 bridgehead atoms. The summed E-state index contributed by atoms with van der Waals surface area (Å²) in [6.45, 7) is 6.64. The number of carbonyl (C=O) groups is 1. The molecule has 1 aliphatic rings. The van der Waals surface area contributed by atoms with Gasteiger partial charge in [0.2, 0.25) is 15.9 Å². The number of amides is 1. The third kappa shape index (κ3) is 5.35. The highest BCUT2D eigenvalue weighted by atomic mass is 35.5. The fourth-order valence-corrected chi connectivity index (χ4v) is 5.22. The quantitative estimate of drug-likeness (QED) is 0.762. The standard InChI is InChI=1S/C18H26Cl2N2O3S/c1-12(2)13(3)21-18(23)14-6-5-9-22(10-14)26(24,25)11-15-16(19)7-4-8-17(15)20/h4,7-8,12-14H,5-6,9-11H2,1-3H3,(H,21,23)/t13-,14-/m0/s1. The molecule has 1 fully saturated rings. The zero-order valence-corrected chi connectivity index (χ0v) is 17.7. The summed E-state index contributed by atoms with van der Waals surface area (Å²) in [7, 11) is -3.61. The van der Waals surface area contributed by atoms with Crippen molar-refractivity contribution >= 4 is 39.1 Å². The maximum absolute atomic E-state index is 12.8. The van der Waals surface area contributed by atoms with Gasteiger partial charge >= 0.3 is 0 Å². The second-order valence-corrected chi connectivity index (χ2v) is 9.98. The van der Waals surface area contributed by atoms with Gasteiger partial charge in [-0.05, 0) is 37.8 Å². The van der Waals surface area contributed by atoms with Crippen LogP contribution < -0.4 is 5.32 Å². The van der Waals surface area contributed by atoms with E-state index in [-0.39, 0.29) is 30.2 Å². The van der Waals surface area contributed by atoms with Gasteiger partial charge in [0, 0.05) is 34.7 Å². The highest BCUT2D eigenvalue weighted by molar-refractivity contribution is 7.88. The minimum atomic E-state index is -3.61. The van der Waals surface area contributed by atoms with Crippen LogP contribution in [0.3, 0.4) is 0 Å². The zero-order chi connectivity index (χ0) is 19.5. The molecular formula is C18H26Cl2N2O3S. The van der Waals surface area contributed by atoms with E-state index < -0.39 is 10.0 Å². The average molecular weight is 421 g/mol. The van der Waals surface area contributed by atoms with E-state index in [4.69, 9.17) is 23.2 Å². The first-order chi connectivity index (χ1) is 12.1. The summed E-state index contributed by atoms with van der Waals surface area (Å²) in [6, 6.07) is 4.98. The van der Waals surface area contributed by atoms with E-state index in [1.807, 2.05) is 20.8 Å². The minimum absolute atomic E-state index is 0.0522. The van der Waals surface area contributed by atoms with Gasteiger partial charge in [-0.25, -0.2) is 12.7 Å². The van der Waals surface area contributed by atoms with Crippen LogP contribution in [0.5, 0.6) is 0 Å². The minimum Gasteiger partial charge on any atom is -0.353 e. The predicted octanol–water partition coefficient (Wildman–Crippen LogP) is 3.70. The molecule has 0 saturated carbocycles. The number of benzene rings is 1. The Kier molecular flexibility index (Phi) is 7.36. The molecule has 2 rings (SSSR count). The van der Waals surface area contributed by atoms with E-state index in [0.29, 0.717) is 40.9 Å². The Labute approximate surface area is 166 Å². The number of nitrogens with zero attached hydrogens (tertiary/aromatic N) is 1. The Hall–Kier alpha value is -0.820. The number of sulfonamides is 1. The molecule has 1 aromatic carbocycles. The molecule has 0 unspecified atom stereocenters. The van der Waals surface area contributed by atoms with Crippen LogP contribution in [0.1, 0.15) is 39.2 Å². The second kappa shape index (κ2) is 8.91. The van der Waals surface area contributed by atoms with Crippen LogP contribution in [-0.4, -0.2) is 37.8 Å². The zero-order valence-electron chi connectivity index (χ0n) is 15.3. The first-order valence-electron chi connectivity index (χ1n) is 8.83. The lowest BCUT2D eigenvalue weighted by atomic mass is 9.97. The molecule has 2 atom stereocenters. The maximum atomic E-state index is 12.8. The van der Waals surface area contributed by atoms with E-state index in [1.54, 1.807) is 18.2 Å². The van der Waals surface area contributed by atoms with Crippen LogP contribution >= 0.6 is 23.2 Å². The lowest BCUT2D eigenvalue weighted by Gasteiger charge is -2.32. The van der Waals surface area contributed by atoms with E-state index in [1.165, 1.54) is 4.31 Å². The largest absolute Gasteiger partial charge is 0.353 e. The third-order valence-corrected chi connectivity index (χ3v) is 7.39. The number of carbonyl (C=O) groups excluding carboxylic acids is 1. The smallest absolute Gasteiger partial charge is 0.224 e. The predicted molar refractivity (Wildman–Crippen MR) is 106 cm³/mol. The van der Waals surface area contributed by atoms with Crippen molar-refractivity contribution in [2.24, 2.45) is 11.8 Å². The molecule has 26 heavy (non-hydrogen) atoms. The number of rotatable bonds is 6. The molecule has 0 aromatic heterocycles. The number of nitrogens with one attached hydrogen (secondary N) is 1. The van der Waals surface area contributed by atoms with Gasteiger partial charge < -0.3 is 5.32 Å².